The summed E-state index contributed by atoms with van der Waals surface area (Å²) in [6.07, 6.45) is 0.502. The number of hydrogen-bond acceptors (Lipinski definition) is 6. The van der Waals surface area contributed by atoms with Crippen LogP contribution < -0.4 is 9.47 Å². The lowest BCUT2D eigenvalue weighted by molar-refractivity contribution is 0.176. The Morgan fingerprint density at radius 3 is 2.33 bits per heavy atom. The van der Waals surface area contributed by atoms with E-state index in [0.717, 1.165) is 16.7 Å². The van der Waals surface area contributed by atoms with E-state index in [2.05, 4.69) is 0 Å². The molecule has 0 fully saturated rings. The molecule has 0 saturated heterocycles. The molecular formula is C31H29NO6S. The number of phenols is 1. The van der Waals surface area contributed by atoms with Crippen molar-refractivity contribution in [1.29, 1.82) is 0 Å². The Balaban J connectivity index is 1.42. The third-order valence-electron chi connectivity index (χ3n) is 6.66. The standard InChI is InChI=1S/C31H29NO6S/c1-21-8-11-24(12-9-21)39(35,36)32-17-16-25-26(32)13-14-27(33)31(25)28(34)18-23-10-15-29(30(19-23)37-2)38-20-22-6-4-3-5-7-22/h3-17,19,28,33-34H,18,20H2,1-2H3. The first kappa shape index (κ1) is 26.3. The number of aliphatic hydroxyl groups is 1. The smallest absolute Gasteiger partial charge is 0.268 e. The normalized spacial score (nSPS) is 12.4. The summed E-state index contributed by atoms with van der Waals surface area (Å²) in [5.74, 6) is 0.978. The van der Waals surface area contributed by atoms with Gasteiger partial charge in [-0.05, 0) is 60.5 Å². The first-order valence-corrected chi connectivity index (χ1v) is 13.9. The number of phenolic OH excluding ortho intramolecular Hbond substituents is 1. The molecule has 7 nitrogen and oxygen atoms in total. The van der Waals surface area contributed by atoms with Crippen molar-refractivity contribution < 1.29 is 28.1 Å². The highest BCUT2D eigenvalue weighted by molar-refractivity contribution is 7.90. The molecule has 0 radical (unpaired) electrons. The van der Waals surface area contributed by atoms with Crippen LogP contribution in [0.3, 0.4) is 0 Å². The minimum Gasteiger partial charge on any atom is -0.508 e. The van der Waals surface area contributed by atoms with Crippen LogP contribution >= 0.6 is 0 Å². The molecule has 2 N–H and O–H groups in total. The number of aryl methyl sites for hydroxylation is 1. The molecule has 0 saturated carbocycles. The number of methoxy groups -OCH3 is 1. The van der Waals surface area contributed by atoms with Crippen LogP contribution in [0, 0.1) is 6.92 Å². The average molecular weight is 544 g/mol. The minimum atomic E-state index is -3.87. The molecule has 4 aromatic carbocycles. The monoisotopic (exact) mass is 543 g/mol. The van der Waals surface area contributed by atoms with Crippen LogP contribution in [-0.2, 0) is 23.1 Å². The van der Waals surface area contributed by atoms with E-state index in [1.807, 2.05) is 43.3 Å². The van der Waals surface area contributed by atoms with Crippen molar-refractivity contribution in [2.75, 3.05) is 7.11 Å². The Hall–Kier alpha value is -4.27. The zero-order valence-corrected chi connectivity index (χ0v) is 22.4. The average Bonchev–Trinajstić information content (AvgIpc) is 3.38. The summed E-state index contributed by atoms with van der Waals surface area (Å²) in [7, 11) is -2.32. The summed E-state index contributed by atoms with van der Waals surface area (Å²) >= 11 is 0. The van der Waals surface area contributed by atoms with E-state index < -0.39 is 16.1 Å². The number of benzene rings is 4. The fourth-order valence-corrected chi connectivity index (χ4v) is 5.95. The number of hydrogen-bond donors (Lipinski definition) is 2. The molecule has 1 aromatic heterocycles. The fourth-order valence-electron chi connectivity index (χ4n) is 4.61. The second kappa shape index (κ2) is 10.8. The number of aliphatic hydroxyl groups excluding tert-OH is 1. The minimum absolute atomic E-state index is 0.115. The number of rotatable bonds is 9. The van der Waals surface area contributed by atoms with Gasteiger partial charge >= 0.3 is 0 Å². The van der Waals surface area contributed by atoms with Crippen molar-refractivity contribution in [1.82, 2.24) is 3.97 Å². The van der Waals surface area contributed by atoms with Crippen LogP contribution in [-0.4, -0.2) is 29.7 Å². The molecule has 200 valence electrons. The van der Waals surface area contributed by atoms with Crippen LogP contribution in [0.2, 0.25) is 0 Å². The van der Waals surface area contributed by atoms with Gasteiger partial charge in [0.1, 0.15) is 12.4 Å². The zero-order chi connectivity index (χ0) is 27.6. The van der Waals surface area contributed by atoms with Crippen molar-refractivity contribution >= 4 is 20.9 Å². The Bertz CT molecular complexity index is 1710. The van der Waals surface area contributed by atoms with Gasteiger partial charge in [0.15, 0.2) is 11.5 Å². The van der Waals surface area contributed by atoms with E-state index >= 15 is 0 Å². The lowest BCUT2D eigenvalue weighted by atomic mass is 9.97. The highest BCUT2D eigenvalue weighted by Gasteiger charge is 2.24. The van der Waals surface area contributed by atoms with Crippen molar-refractivity contribution in [2.24, 2.45) is 0 Å². The summed E-state index contributed by atoms with van der Waals surface area (Å²) in [5, 5.41) is 22.3. The molecule has 0 amide bonds. The van der Waals surface area contributed by atoms with Crippen molar-refractivity contribution in [2.45, 2.75) is 31.0 Å². The summed E-state index contributed by atoms with van der Waals surface area (Å²) < 4.78 is 39.3. The van der Waals surface area contributed by atoms with Crippen LogP contribution in [0.4, 0.5) is 0 Å². The van der Waals surface area contributed by atoms with Gasteiger partial charge in [0.2, 0.25) is 0 Å². The molecule has 5 rings (SSSR count). The van der Waals surface area contributed by atoms with Gasteiger partial charge in [0.05, 0.1) is 23.6 Å². The first-order valence-electron chi connectivity index (χ1n) is 12.4. The van der Waals surface area contributed by atoms with Crippen LogP contribution in [0.5, 0.6) is 17.2 Å². The van der Waals surface area contributed by atoms with Gasteiger partial charge in [-0.25, -0.2) is 12.4 Å². The van der Waals surface area contributed by atoms with Crippen LogP contribution in [0.1, 0.15) is 28.4 Å². The SMILES string of the molecule is COc1cc(CC(O)c2c(O)ccc3c2ccn3S(=O)(=O)c2ccc(C)cc2)ccc1OCc1ccccc1. The topological polar surface area (TPSA) is 98.0 Å². The van der Waals surface area contributed by atoms with Crippen molar-refractivity contribution in [3.05, 3.63) is 119 Å². The van der Waals surface area contributed by atoms with E-state index in [1.165, 1.54) is 22.3 Å². The molecule has 0 aliphatic heterocycles. The summed E-state index contributed by atoms with van der Waals surface area (Å²) in [6, 6.07) is 26.3. The van der Waals surface area contributed by atoms with Crippen molar-refractivity contribution in [3.63, 3.8) is 0 Å². The predicted octanol–water partition coefficient (Wildman–Crippen LogP) is 5.76. The Kier molecular flexibility index (Phi) is 7.32. The van der Waals surface area contributed by atoms with Gasteiger partial charge in [-0.15, -0.1) is 0 Å². The summed E-state index contributed by atoms with van der Waals surface area (Å²) in [4.78, 5) is 0.155. The highest BCUT2D eigenvalue weighted by atomic mass is 32.2. The maximum Gasteiger partial charge on any atom is 0.268 e. The number of fused-ring (bicyclic) bond motifs is 1. The van der Waals surface area contributed by atoms with Gasteiger partial charge in [-0.1, -0.05) is 54.1 Å². The number of aromatic hydroxyl groups is 1. The first-order chi connectivity index (χ1) is 18.8. The third kappa shape index (κ3) is 5.34. The van der Waals surface area contributed by atoms with Gasteiger partial charge < -0.3 is 19.7 Å². The molecule has 8 heteroatoms. The highest BCUT2D eigenvalue weighted by Crippen LogP contribution is 2.37. The predicted molar refractivity (Wildman–Crippen MR) is 150 cm³/mol. The third-order valence-corrected chi connectivity index (χ3v) is 8.36. The molecule has 0 bridgehead atoms. The molecule has 1 atom stereocenters. The molecule has 39 heavy (non-hydrogen) atoms. The quantitative estimate of drug-likeness (QED) is 0.245. The zero-order valence-electron chi connectivity index (χ0n) is 21.6. The maximum atomic E-state index is 13.3. The van der Waals surface area contributed by atoms with E-state index in [-0.39, 0.29) is 22.6 Å². The van der Waals surface area contributed by atoms with E-state index in [0.29, 0.717) is 29.0 Å². The van der Waals surface area contributed by atoms with Crippen LogP contribution in [0.25, 0.3) is 10.9 Å². The van der Waals surface area contributed by atoms with E-state index in [1.54, 1.807) is 49.6 Å². The maximum absolute atomic E-state index is 13.3. The number of ether oxygens (including phenoxy) is 2. The molecule has 0 aliphatic rings. The fraction of sp³-hybridized carbons (Fsp3) is 0.161. The lowest BCUT2D eigenvalue weighted by Crippen LogP contribution is -2.12. The Labute approximate surface area is 227 Å². The summed E-state index contributed by atoms with van der Waals surface area (Å²) in [5.41, 5.74) is 3.36. The van der Waals surface area contributed by atoms with Gasteiger partial charge in [0.25, 0.3) is 10.0 Å². The van der Waals surface area contributed by atoms with Gasteiger partial charge in [0, 0.05) is 23.6 Å². The van der Waals surface area contributed by atoms with Gasteiger partial charge in [-0.3, -0.25) is 0 Å². The molecule has 5 aromatic rings. The van der Waals surface area contributed by atoms with Gasteiger partial charge in [-0.2, -0.15) is 0 Å². The molecular weight excluding hydrogens is 514 g/mol. The molecule has 1 unspecified atom stereocenters. The molecule has 0 spiro atoms. The van der Waals surface area contributed by atoms with E-state index in [4.69, 9.17) is 9.47 Å². The molecule has 1 heterocycles. The second-order valence-electron chi connectivity index (χ2n) is 9.34. The Morgan fingerprint density at radius 1 is 0.872 bits per heavy atom. The van der Waals surface area contributed by atoms with E-state index in [9.17, 15) is 18.6 Å². The number of aromatic nitrogens is 1. The lowest BCUT2D eigenvalue weighted by Gasteiger charge is -2.17. The van der Waals surface area contributed by atoms with Crippen molar-refractivity contribution in [3.8, 4) is 17.2 Å². The summed E-state index contributed by atoms with van der Waals surface area (Å²) in [6.45, 7) is 2.27. The Morgan fingerprint density at radius 2 is 1.62 bits per heavy atom. The second-order valence-corrected chi connectivity index (χ2v) is 11.2. The molecule has 0 aliphatic carbocycles. The largest absolute Gasteiger partial charge is 0.508 e. The number of nitrogens with zero attached hydrogens (tertiary/aromatic N) is 1. The van der Waals surface area contributed by atoms with Crippen LogP contribution in [0.15, 0.2) is 102 Å².